The molecule has 104 valence electrons. The lowest BCUT2D eigenvalue weighted by molar-refractivity contribution is 0.0690. The van der Waals surface area contributed by atoms with Crippen molar-refractivity contribution < 1.29 is 18.3 Å². The summed E-state index contributed by atoms with van der Waals surface area (Å²) in [6.07, 6.45) is 1.22. The predicted octanol–water partition coefficient (Wildman–Crippen LogP) is 2.34. The van der Waals surface area contributed by atoms with Gasteiger partial charge in [0.05, 0.1) is 5.69 Å². The summed E-state index contributed by atoms with van der Waals surface area (Å²) in [6, 6.07) is 8.85. The van der Waals surface area contributed by atoms with E-state index < -0.39 is 16.0 Å². The maximum absolute atomic E-state index is 12.2. The third-order valence-electron chi connectivity index (χ3n) is 2.36. The molecule has 0 atom stereocenters. The first-order valence-corrected chi connectivity index (χ1v) is 7.64. The zero-order valence-corrected chi connectivity index (χ0v) is 12.3. The number of halogens is 1. The van der Waals surface area contributed by atoms with Crippen LogP contribution in [0.4, 0.5) is 5.69 Å². The lowest BCUT2D eigenvalue weighted by Gasteiger charge is -2.09. The molecule has 0 radical (unpaired) electrons. The van der Waals surface area contributed by atoms with Gasteiger partial charge in [-0.3, -0.25) is 4.72 Å². The predicted molar refractivity (Wildman–Crippen MR) is 76.1 cm³/mol. The van der Waals surface area contributed by atoms with Crippen molar-refractivity contribution in [1.29, 1.82) is 0 Å². The second-order valence-corrected chi connectivity index (χ2v) is 6.28. The van der Waals surface area contributed by atoms with Gasteiger partial charge in [0.15, 0.2) is 0 Å². The second-order valence-electron chi connectivity index (χ2n) is 3.77. The van der Waals surface area contributed by atoms with Crippen molar-refractivity contribution in [1.82, 2.24) is 4.98 Å². The van der Waals surface area contributed by atoms with Crippen LogP contribution in [-0.4, -0.2) is 24.5 Å². The van der Waals surface area contributed by atoms with Gasteiger partial charge in [-0.1, -0.05) is 12.1 Å². The van der Waals surface area contributed by atoms with Crippen LogP contribution in [0.3, 0.4) is 0 Å². The average Bonchev–Trinajstić information content (AvgIpc) is 2.38. The summed E-state index contributed by atoms with van der Waals surface area (Å²) in [5.41, 5.74) is -0.106. The molecule has 2 rings (SSSR count). The third kappa shape index (κ3) is 3.14. The maximum atomic E-state index is 12.2. The quantitative estimate of drug-likeness (QED) is 0.876. The van der Waals surface area contributed by atoms with Crippen LogP contribution in [0, 0.1) is 0 Å². The van der Waals surface area contributed by atoms with Crippen LogP contribution in [0.15, 0.2) is 52.0 Å². The topological polar surface area (TPSA) is 96.4 Å². The van der Waals surface area contributed by atoms with Crippen molar-refractivity contribution in [3.8, 4) is 0 Å². The van der Waals surface area contributed by atoms with Gasteiger partial charge < -0.3 is 5.11 Å². The van der Waals surface area contributed by atoms with Gasteiger partial charge in [0, 0.05) is 10.7 Å². The summed E-state index contributed by atoms with van der Waals surface area (Å²) >= 11 is 3.16. The third-order valence-corrected chi connectivity index (χ3v) is 4.75. The molecule has 0 aliphatic heterocycles. The number of benzene rings is 1. The van der Waals surface area contributed by atoms with Crippen LogP contribution in [0.25, 0.3) is 0 Å². The summed E-state index contributed by atoms with van der Waals surface area (Å²) in [7, 11) is -3.80. The number of rotatable bonds is 4. The largest absolute Gasteiger partial charge is 0.477 e. The highest BCUT2D eigenvalue weighted by molar-refractivity contribution is 9.10. The Morgan fingerprint density at radius 1 is 1.25 bits per heavy atom. The summed E-state index contributed by atoms with van der Waals surface area (Å²) in [6.45, 7) is 0. The first kappa shape index (κ1) is 14.5. The molecule has 1 heterocycles. The van der Waals surface area contributed by atoms with Gasteiger partial charge in [-0.2, -0.15) is 0 Å². The van der Waals surface area contributed by atoms with Crippen molar-refractivity contribution in [2.75, 3.05) is 4.72 Å². The fourth-order valence-corrected chi connectivity index (χ4v) is 3.54. The van der Waals surface area contributed by atoms with E-state index in [-0.39, 0.29) is 16.3 Å². The Balaban J connectivity index is 2.36. The number of aromatic carboxylic acids is 1. The van der Waals surface area contributed by atoms with Crippen LogP contribution >= 0.6 is 15.9 Å². The Bertz CT molecular complexity index is 762. The average molecular weight is 357 g/mol. The molecule has 0 amide bonds. The van der Waals surface area contributed by atoms with Gasteiger partial charge in [0.1, 0.15) is 10.6 Å². The van der Waals surface area contributed by atoms with Gasteiger partial charge in [-0.05, 0) is 40.2 Å². The van der Waals surface area contributed by atoms with Gasteiger partial charge >= 0.3 is 5.97 Å². The highest BCUT2D eigenvalue weighted by Crippen LogP contribution is 2.23. The number of nitrogens with one attached hydrogen (secondary N) is 1. The number of pyridine rings is 1. The lowest BCUT2D eigenvalue weighted by Crippen LogP contribution is -2.14. The van der Waals surface area contributed by atoms with E-state index >= 15 is 0 Å². The minimum absolute atomic E-state index is 0.0636. The molecule has 0 fully saturated rings. The van der Waals surface area contributed by atoms with Crippen LogP contribution in [0.2, 0.25) is 0 Å². The number of hydrogen-bond acceptors (Lipinski definition) is 4. The van der Waals surface area contributed by atoms with Gasteiger partial charge in [-0.25, -0.2) is 18.2 Å². The van der Waals surface area contributed by atoms with Gasteiger partial charge in [0.25, 0.3) is 10.0 Å². The fraction of sp³-hybridized carbons (Fsp3) is 0. The Morgan fingerprint density at radius 3 is 2.60 bits per heavy atom. The van der Waals surface area contributed by atoms with E-state index in [1.165, 1.54) is 18.3 Å². The summed E-state index contributed by atoms with van der Waals surface area (Å²) in [5, 5.41) is 8.82. The number of anilines is 1. The molecule has 2 N–H and O–H groups in total. The minimum Gasteiger partial charge on any atom is -0.477 e. The summed E-state index contributed by atoms with van der Waals surface area (Å²) in [5.74, 6) is -1.23. The molecule has 6 nitrogen and oxygen atoms in total. The first-order chi connectivity index (χ1) is 9.40. The van der Waals surface area contributed by atoms with Gasteiger partial charge in [0.2, 0.25) is 0 Å². The molecule has 0 bridgehead atoms. The smallest absolute Gasteiger partial charge is 0.354 e. The molecule has 0 spiro atoms. The molecular weight excluding hydrogens is 348 g/mol. The number of carbonyl (C=O) groups is 1. The zero-order chi connectivity index (χ0) is 14.8. The van der Waals surface area contributed by atoms with E-state index in [1.807, 2.05) is 0 Å². The second kappa shape index (κ2) is 5.59. The molecule has 1 aromatic heterocycles. The zero-order valence-electron chi connectivity index (χ0n) is 9.95. The molecular formula is C12H9BrN2O4S. The highest BCUT2D eigenvalue weighted by atomic mass is 79.9. The highest BCUT2D eigenvalue weighted by Gasteiger charge is 2.17. The van der Waals surface area contributed by atoms with E-state index in [2.05, 4.69) is 25.6 Å². The minimum atomic E-state index is -3.80. The van der Waals surface area contributed by atoms with Crippen molar-refractivity contribution in [2.45, 2.75) is 4.90 Å². The number of aromatic nitrogens is 1. The fourth-order valence-electron chi connectivity index (χ4n) is 1.48. The lowest BCUT2D eigenvalue weighted by atomic mass is 10.3. The molecule has 20 heavy (non-hydrogen) atoms. The normalized spacial score (nSPS) is 11.1. The number of nitrogens with zero attached hydrogens (tertiary/aromatic N) is 1. The van der Waals surface area contributed by atoms with E-state index in [1.54, 1.807) is 18.2 Å². The molecule has 0 saturated heterocycles. The maximum Gasteiger partial charge on any atom is 0.354 e. The Morgan fingerprint density at radius 2 is 1.95 bits per heavy atom. The number of sulfonamides is 1. The van der Waals surface area contributed by atoms with E-state index in [4.69, 9.17) is 5.11 Å². The van der Waals surface area contributed by atoms with Crippen molar-refractivity contribution in [2.24, 2.45) is 0 Å². The molecule has 0 saturated carbocycles. The van der Waals surface area contributed by atoms with Crippen LogP contribution in [-0.2, 0) is 10.0 Å². The molecule has 0 unspecified atom stereocenters. The SMILES string of the molecule is O=C(O)c1cc(NS(=O)(=O)c2ccccc2Br)ccn1. The van der Waals surface area contributed by atoms with Gasteiger partial charge in [-0.15, -0.1) is 0 Å². The van der Waals surface area contributed by atoms with Crippen LogP contribution in [0.1, 0.15) is 10.5 Å². The van der Waals surface area contributed by atoms with Crippen molar-refractivity contribution in [3.63, 3.8) is 0 Å². The van der Waals surface area contributed by atoms with E-state index in [0.717, 1.165) is 6.07 Å². The number of carboxylic acids is 1. The summed E-state index contributed by atoms with van der Waals surface area (Å²) in [4.78, 5) is 14.5. The summed E-state index contributed by atoms with van der Waals surface area (Å²) < 4.78 is 27.1. The van der Waals surface area contributed by atoms with E-state index in [0.29, 0.717) is 4.47 Å². The monoisotopic (exact) mass is 356 g/mol. The molecule has 0 aliphatic rings. The first-order valence-electron chi connectivity index (χ1n) is 5.37. The Hall–Kier alpha value is -1.93. The Kier molecular flexibility index (Phi) is 4.05. The van der Waals surface area contributed by atoms with E-state index in [9.17, 15) is 13.2 Å². The van der Waals surface area contributed by atoms with Crippen molar-refractivity contribution in [3.05, 3.63) is 52.8 Å². The van der Waals surface area contributed by atoms with Crippen LogP contribution < -0.4 is 4.72 Å². The van der Waals surface area contributed by atoms with Crippen LogP contribution in [0.5, 0.6) is 0 Å². The molecule has 0 aliphatic carbocycles. The van der Waals surface area contributed by atoms with Crippen molar-refractivity contribution >= 4 is 37.6 Å². The Labute approximate surface area is 123 Å². The number of hydrogen-bond donors (Lipinski definition) is 2. The standard InChI is InChI=1S/C12H9BrN2O4S/c13-9-3-1-2-4-11(9)20(18,19)15-8-5-6-14-10(7-8)12(16)17/h1-7H,(H,14,15)(H,16,17). The number of carboxylic acid groups (broad SMARTS) is 1. The molecule has 1 aromatic carbocycles. The molecule has 2 aromatic rings. The molecule has 8 heteroatoms.